The Bertz CT molecular complexity index is 655. The fourth-order valence-corrected chi connectivity index (χ4v) is 3.72. The minimum Gasteiger partial charge on any atom is -0.314 e. The van der Waals surface area contributed by atoms with Gasteiger partial charge in [0.1, 0.15) is 11.6 Å². The Balaban J connectivity index is 1.76. The van der Waals surface area contributed by atoms with Gasteiger partial charge in [0.15, 0.2) is 0 Å². The number of fused-ring (bicyclic) bond motifs is 1. The van der Waals surface area contributed by atoms with E-state index in [1.807, 2.05) is 18.2 Å². The van der Waals surface area contributed by atoms with E-state index in [9.17, 15) is 0 Å². The first kappa shape index (κ1) is 15.0. The molecule has 0 amide bonds. The fourth-order valence-electron chi connectivity index (χ4n) is 2.89. The first-order valence-electron chi connectivity index (χ1n) is 7.19. The summed E-state index contributed by atoms with van der Waals surface area (Å²) < 4.78 is 3.22. The molecule has 1 N–H and O–H groups in total. The zero-order valence-corrected chi connectivity index (χ0v) is 14.4. The zero-order chi connectivity index (χ0) is 15.0. The Morgan fingerprint density at radius 3 is 2.86 bits per heavy atom. The minimum atomic E-state index is 0.138. The Morgan fingerprint density at radius 1 is 1.29 bits per heavy atom. The largest absolute Gasteiger partial charge is 0.314 e. The zero-order valence-electron chi connectivity index (χ0n) is 12.1. The van der Waals surface area contributed by atoms with Gasteiger partial charge in [-0.15, -0.1) is 10.2 Å². The molecule has 3 rings (SSSR count). The highest BCUT2D eigenvalue weighted by Gasteiger charge is 2.22. The second-order valence-electron chi connectivity index (χ2n) is 5.51. The molecule has 112 valence electrons. The van der Waals surface area contributed by atoms with E-state index in [0.717, 1.165) is 39.7 Å². The molecule has 1 aliphatic heterocycles. The van der Waals surface area contributed by atoms with E-state index >= 15 is 0 Å². The monoisotopic (exact) mass is 368 g/mol. The molecule has 2 atom stereocenters. The van der Waals surface area contributed by atoms with Crippen molar-refractivity contribution in [2.75, 3.05) is 0 Å². The van der Waals surface area contributed by atoms with E-state index in [4.69, 9.17) is 11.6 Å². The molecule has 0 saturated carbocycles. The summed E-state index contributed by atoms with van der Waals surface area (Å²) in [6.07, 6.45) is 2.20. The molecule has 0 bridgehead atoms. The van der Waals surface area contributed by atoms with Crippen molar-refractivity contribution in [1.82, 2.24) is 20.1 Å². The third-order valence-corrected chi connectivity index (χ3v) is 4.77. The summed E-state index contributed by atoms with van der Waals surface area (Å²) in [5.41, 5.74) is 1.09. The number of hydrogen-bond acceptors (Lipinski definition) is 3. The summed E-state index contributed by atoms with van der Waals surface area (Å²) in [7, 11) is 0. The molecule has 1 aromatic carbocycles. The van der Waals surface area contributed by atoms with Crippen molar-refractivity contribution in [3.8, 4) is 0 Å². The van der Waals surface area contributed by atoms with E-state index < -0.39 is 0 Å². The van der Waals surface area contributed by atoms with Crippen molar-refractivity contribution in [2.45, 2.75) is 45.3 Å². The molecule has 4 nitrogen and oxygen atoms in total. The van der Waals surface area contributed by atoms with Gasteiger partial charge >= 0.3 is 0 Å². The number of aryl methyl sites for hydroxylation is 1. The molecule has 0 aliphatic carbocycles. The van der Waals surface area contributed by atoms with Gasteiger partial charge in [-0.25, -0.2) is 0 Å². The van der Waals surface area contributed by atoms with Gasteiger partial charge in [-0.05, 0) is 38.0 Å². The fraction of sp³-hybridized carbons (Fsp3) is 0.467. The topological polar surface area (TPSA) is 42.7 Å². The molecule has 0 spiro atoms. The van der Waals surface area contributed by atoms with Crippen molar-refractivity contribution in [2.24, 2.45) is 0 Å². The average molecular weight is 370 g/mol. The summed E-state index contributed by atoms with van der Waals surface area (Å²) >= 11 is 9.76. The maximum atomic E-state index is 6.32. The van der Waals surface area contributed by atoms with E-state index in [1.54, 1.807) is 0 Å². The quantitative estimate of drug-likeness (QED) is 0.884. The Kier molecular flexibility index (Phi) is 4.33. The van der Waals surface area contributed by atoms with E-state index in [0.29, 0.717) is 0 Å². The Morgan fingerprint density at radius 2 is 2.10 bits per heavy atom. The molecule has 2 heterocycles. The van der Waals surface area contributed by atoms with Gasteiger partial charge < -0.3 is 9.88 Å². The average Bonchev–Trinajstić information content (AvgIpc) is 3.00. The summed E-state index contributed by atoms with van der Waals surface area (Å²) in [4.78, 5) is 0. The lowest BCUT2D eigenvalue weighted by molar-refractivity contribution is 0.459. The van der Waals surface area contributed by atoms with Crippen LogP contribution in [0.1, 0.15) is 49.6 Å². The third-order valence-electron chi connectivity index (χ3n) is 3.95. The van der Waals surface area contributed by atoms with Crippen molar-refractivity contribution in [3.63, 3.8) is 0 Å². The van der Waals surface area contributed by atoms with Crippen LogP contribution in [0.4, 0.5) is 0 Å². The van der Waals surface area contributed by atoms with Crippen molar-refractivity contribution in [3.05, 3.63) is 44.9 Å². The molecule has 1 aromatic heterocycles. The number of halogens is 2. The standard InChI is InChI=1S/C15H18BrClN4/c1-9(12-6-5-11(16)8-13(12)17)18-10(2)15-20-19-14-4-3-7-21(14)15/h5-6,8-10,18H,3-4,7H2,1-2H3. The smallest absolute Gasteiger partial charge is 0.149 e. The van der Waals surface area contributed by atoms with Crippen molar-refractivity contribution < 1.29 is 0 Å². The second kappa shape index (κ2) is 6.07. The lowest BCUT2D eigenvalue weighted by Gasteiger charge is -2.21. The van der Waals surface area contributed by atoms with Gasteiger partial charge in [-0.3, -0.25) is 0 Å². The number of hydrogen-bond donors (Lipinski definition) is 1. The maximum absolute atomic E-state index is 6.32. The van der Waals surface area contributed by atoms with Crippen molar-refractivity contribution in [1.29, 1.82) is 0 Å². The van der Waals surface area contributed by atoms with E-state index in [2.05, 4.69) is 49.9 Å². The lowest BCUT2D eigenvalue weighted by Crippen LogP contribution is -2.25. The van der Waals surface area contributed by atoms with Gasteiger partial charge in [0.25, 0.3) is 0 Å². The SMILES string of the molecule is CC(NC(C)c1nnc2n1CCC2)c1ccc(Br)cc1Cl. The van der Waals surface area contributed by atoms with Gasteiger partial charge in [-0.1, -0.05) is 33.6 Å². The summed E-state index contributed by atoms with van der Waals surface area (Å²) in [5.74, 6) is 2.12. The predicted molar refractivity (Wildman–Crippen MR) is 87.5 cm³/mol. The molecule has 1 aliphatic rings. The van der Waals surface area contributed by atoms with Crippen LogP contribution >= 0.6 is 27.5 Å². The first-order chi connectivity index (χ1) is 10.1. The highest BCUT2D eigenvalue weighted by molar-refractivity contribution is 9.10. The van der Waals surface area contributed by atoms with Crippen LogP contribution in [0.15, 0.2) is 22.7 Å². The Labute approximate surface area is 138 Å². The van der Waals surface area contributed by atoms with Crippen LogP contribution in [0.3, 0.4) is 0 Å². The molecule has 6 heteroatoms. The van der Waals surface area contributed by atoms with E-state index in [1.165, 1.54) is 6.42 Å². The summed E-state index contributed by atoms with van der Waals surface area (Å²) in [5, 5.41) is 12.9. The van der Waals surface area contributed by atoms with Crippen LogP contribution in [0, 0.1) is 0 Å². The van der Waals surface area contributed by atoms with E-state index in [-0.39, 0.29) is 12.1 Å². The minimum absolute atomic E-state index is 0.138. The highest BCUT2D eigenvalue weighted by Crippen LogP contribution is 2.28. The van der Waals surface area contributed by atoms with Crippen LogP contribution in [0.5, 0.6) is 0 Å². The van der Waals surface area contributed by atoms with Crippen molar-refractivity contribution >= 4 is 27.5 Å². The number of aromatic nitrogens is 3. The van der Waals surface area contributed by atoms with Gasteiger partial charge in [-0.2, -0.15) is 0 Å². The van der Waals surface area contributed by atoms with Gasteiger partial charge in [0.2, 0.25) is 0 Å². The molecule has 0 radical (unpaired) electrons. The van der Waals surface area contributed by atoms with Gasteiger partial charge in [0, 0.05) is 28.5 Å². The molecule has 0 fully saturated rings. The van der Waals surface area contributed by atoms with Crippen LogP contribution in [0.25, 0.3) is 0 Å². The number of nitrogens with one attached hydrogen (secondary N) is 1. The molecule has 0 saturated heterocycles. The first-order valence-corrected chi connectivity index (χ1v) is 8.36. The molecule has 2 aromatic rings. The van der Waals surface area contributed by atoms with Crippen LogP contribution in [-0.2, 0) is 13.0 Å². The molecule has 2 unspecified atom stereocenters. The highest BCUT2D eigenvalue weighted by atomic mass is 79.9. The summed E-state index contributed by atoms with van der Waals surface area (Å²) in [6, 6.07) is 6.27. The number of nitrogens with zero attached hydrogens (tertiary/aromatic N) is 3. The second-order valence-corrected chi connectivity index (χ2v) is 6.83. The maximum Gasteiger partial charge on any atom is 0.149 e. The Hall–Kier alpha value is -0.910. The molecular weight excluding hydrogens is 352 g/mol. The predicted octanol–water partition coefficient (Wildman–Crippen LogP) is 4.05. The number of rotatable bonds is 4. The van der Waals surface area contributed by atoms with Crippen LogP contribution in [0.2, 0.25) is 5.02 Å². The summed E-state index contributed by atoms with van der Waals surface area (Å²) in [6.45, 7) is 5.27. The van der Waals surface area contributed by atoms with Gasteiger partial charge in [0.05, 0.1) is 6.04 Å². The lowest BCUT2D eigenvalue weighted by atomic mass is 10.1. The van der Waals surface area contributed by atoms with Crippen LogP contribution in [-0.4, -0.2) is 14.8 Å². The number of benzene rings is 1. The third kappa shape index (κ3) is 3.00. The molecule has 21 heavy (non-hydrogen) atoms. The van der Waals surface area contributed by atoms with Crippen LogP contribution < -0.4 is 5.32 Å². The molecular formula is C15H18BrClN4. The normalized spacial score (nSPS) is 16.8.